The van der Waals surface area contributed by atoms with E-state index in [9.17, 15) is 4.79 Å². The van der Waals surface area contributed by atoms with Gasteiger partial charge in [-0.05, 0) is 48.4 Å². The molecule has 0 saturated carbocycles. The Morgan fingerprint density at radius 3 is 2.82 bits per heavy atom. The number of benzene rings is 2. The Bertz CT molecular complexity index is 1300. The highest BCUT2D eigenvalue weighted by Crippen LogP contribution is 2.30. The molecule has 0 unspecified atom stereocenters. The first-order chi connectivity index (χ1) is 16.2. The average molecular weight is 444 g/mol. The summed E-state index contributed by atoms with van der Waals surface area (Å²) in [6, 6.07) is 17.0. The van der Waals surface area contributed by atoms with Gasteiger partial charge in [0, 0.05) is 25.4 Å². The van der Waals surface area contributed by atoms with Gasteiger partial charge in [0.05, 0.1) is 24.5 Å². The molecule has 168 valence electrons. The fourth-order valence-electron chi connectivity index (χ4n) is 3.80. The minimum absolute atomic E-state index is 0.205. The van der Waals surface area contributed by atoms with Gasteiger partial charge in [0.25, 0.3) is 5.91 Å². The van der Waals surface area contributed by atoms with Crippen molar-refractivity contribution in [1.82, 2.24) is 14.7 Å². The highest BCUT2D eigenvalue weighted by molar-refractivity contribution is 5.96. The van der Waals surface area contributed by atoms with E-state index in [0.29, 0.717) is 36.8 Å². The van der Waals surface area contributed by atoms with Crippen LogP contribution in [0.5, 0.6) is 17.2 Å². The molecule has 0 bridgehead atoms. The molecular weight excluding hydrogens is 418 g/mol. The largest absolute Gasteiger partial charge is 0.490 e. The first-order valence-corrected chi connectivity index (χ1v) is 11.0. The fraction of sp³-hybridized carbons (Fsp3) is 0.231. The first kappa shape index (κ1) is 20.9. The maximum Gasteiger partial charge on any atom is 0.255 e. The lowest BCUT2D eigenvalue weighted by molar-refractivity contribution is 0.0946. The van der Waals surface area contributed by atoms with Crippen LogP contribution in [0.25, 0.3) is 5.65 Å². The Morgan fingerprint density at radius 2 is 1.94 bits per heavy atom. The minimum Gasteiger partial charge on any atom is -0.490 e. The van der Waals surface area contributed by atoms with Gasteiger partial charge in [-0.25, -0.2) is 4.98 Å². The first-order valence-electron chi connectivity index (χ1n) is 11.0. The number of fused-ring (bicyclic) bond motifs is 2. The van der Waals surface area contributed by atoms with Crippen molar-refractivity contribution in [1.29, 1.82) is 0 Å². The van der Waals surface area contributed by atoms with Crippen LogP contribution in [0.15, 0.2) is 67.0 Å². The number of aromatic nitrogens is 2. The van der Waals surface area contributed by atoms with Crippen molar-refractivity contribution in [2.45, 2.75) is 26.5 Å². The molecule has 7 heteroatoms. The molecule has 0 fully saturated rings. The van der Waals surface area contributed by atoms with Gasteiger partial charge in [0.15, 0.2) is 11.5 Å². The monoisotopic (exact) mass is 443 g/mol. The fourth-order valence-corrected chi connectivity index (χ4v) is 3.80. The molecule has 1 N–H and O–H groups in total. The maximum atomic E-state index is 12.9. The molecule has 33 heavy (non-hydrogen) atoms. The summed E-state index contributed by atoms with van der Waals surface area (Å²) in [7, 11) is 0. The Kier molecular flexibility index (Phi) is 5.85. The van der Waals surface area contributed by atoms with Crippen LogP contribution in [0.4, 0.5) is 0 Å². The smallest absolute Gasteiger partial charge is 0.255 e. The van der Waals surface area contributed by atoms with E-state index in [4.69, 9.17) is 14.2 Å². The van der Waals surface area contributed by atoms with Crippen LogP contribution in [0, 0.1) is 6.92 Å². The van der Waals surface area contributed by atoms with Crippen LogP contribution in [-0.2, 0) is 13.2 Å². The minimum atomic E-state index is -0.205. The molecule has 2 aromatic carbocycles. The third-order valence-electron chi connectivity index (χ3n) is 5.50. The molecule has 0 spiro atoms. The molecule has 3 heterocycles. The molecule has 7 nitrogen and oxygen atoms in total. The third kappa shape index (κ3) is 4.62. The lowest BCUT2D eigenvalue weighted by Gasteiger charge is -2.12. The zero-order chi connectivity index (χ0) is 22.6. The number of pyridine rings is 1. The summed E-state index contributed by atoms with van der Waals surface area (Å²) in [6.07, 6.45) is 4.75. The van der Waals surface area contributed by atoms with Gasteiger partial charge in [0.2, 0.25) is 0 Å². The number of rotatable bonds is 6. The topological polar surface area (TPSA) is 74.1 Å². The number of hydrogen-bond acceptors (Lipinski definition) is 5. The van der Waals surface area contributed by atoms with E-state index in [1.807, 2.05) is 66.2 Å². The van der Waals surface area contributed by atoms with Crippen molar-refractivity contribution in [3.8, 4) is 17.2 Å². The van der Waals surface area contributed by atoms with E-state index in [1.54, 1.807) is 12.1 Å². The standard InChI is InChI=1S/C26H25N3O4/c1-18-6-4-11-29-16-20(28-25(18)29)17-33-22-8-3-2-7-21(22)26(30)27-15-19-9-10-23-24(14-19)32-13-5-12-31-23/h2-4,6-11,14,16H,5,12-13,15,17H2,1H3,(H,27,30). The van der Waals surface area contributed by atoms with Crippen LogP contribution in [0.2, 0.25) is 0 Å². The van der Waals surface area contributed by atoms with Crippen LogP contribution in [0.3, 0.4) is 0 Å². The van der Waals surface area contributed by atoms with Gasteiger partial charge >= 0.3 is 0 Å². The second-order valence-corrected chi connectivity index (χ2v) is 7.95. The van der Waals surface area contributed by atoms with Gasteiger partial charge in [-0.2, -0.15) is 0 Å². The summed E-state index contributed by atoms with van der Waals surface area (Å²) in [4.78, 5) is 17.5. The predicted octanol–water partition coefficient (Wildman–Crippen LogP) is 4.31. The van der Waals surface area contributed by atoms with Crippen LogP contribution < -0.4 is 19.5 Å². The van der Waals surface area contributed by atoms with E-state index < -0.39 is 0 Å². The van der Waals surface area contributed by atoms with Crippen molar-refractivity contribution in [3.63, 3.8) is 0 Å². The summed E-state index contributed by atoms with van der Waals surface area (Å²) in [5.74, 6) is 1.76. The molecule has 2 aromatic heterocycles. The van der Waals surface area contributed by atoms with Crippen molar-refractivity contribution < 1.29 is 19.0 Å². The summed E-state index contributed by atoms with van der Waals surface area (Å²) in [6.45, 7) is 3.94. The molecule has 0 aliphatic carbocycles. The lowest BCUT2D eigenvalue weighted by atomic mass is 10.1. The molecule has 0 atom stereocenters. The molecule has 1 amide bonds. The molecule has 1 aliphatic heterocycles. The molecule has 4 aromatic rings. The van der Waals surface area contributed by atoms with E-state index in [2.05, 4.69) is 10.3 Å². The molecule has 0 radical (unpaired) electrons. The maximum absolute atomic E-state index is 12.9. The van der Waals surface area contributed by atoms with Crippen molar-refractivity contribution in [2.75, 3.05) is 13.2 Å². The summed E-state index contributed by atoms with van der Waals surface area (Å²) < 4.78 is 19.4. The number of amides is 1. The number of carbonyl (C=O) groups is 1. The van der Waals surface area contributed by atoms with E-state index in [0.717, 1.165) is 34.6 Å². The van der Waals surface area contributed by atoms with Gasteiger partial charge in [-0.1, -0.05) is 24.3 Å². The molecule has 0 saturated heterocycles. The van der Waals surface area contributed by atoms with Gasteiger partial charge in [-0.3, -0.25) is 4.79 Å². The Morgan fingerprint density at radius 1 is 1.09 bits per heavy atom. The number of imidazole rings is 1. The number of nitrogens with zero attached hydrogens (tertiary/aromatic N) is 2. The SMILES string of the molecule is Cc1cccn2cc(COc3ccccc3C(=O)NCc3ccc4c(c3)OCCCO4)nc12. The normalized spacial score (nSPS) is 12.9. The number of nitrogens with one attached hydrogen (secondary N) is 1. The number of ether oxygens (including phenoxy) is 3. The highest BCUT2D eigenvalue weighted by atomic mass is 16.5. The highest BCUT2D eigenvalue weighted by Gasteiger charge is 2.15. The Balaban J connectivity index is 1.25. The number of aryl methyl sites for hydroxylation is 1. The van der Waals surface area contributed by atoms with Gasteiger partial charge in [0.1, 0.15) is 18.0 Å². The molecule has 1 aliphatic rings. The molecule has 5 rings (SSSR count). The van der Waals surface area contributed by atoms with Crippen molar-refractivity contribution >= 4 is 11.6 Å². The predicted molar refractivity (Wildman–Crippen MR) is 124 cm³/mol. The van der Waals surface area contributed by atoms with Crippen LogP contribution in [-0.4, -0.2) is 28.5 Å². The van der Waals surface area contributed by atoms with Gasteiger partial charge < -0.3 is 23.9 Å². The lowest BCUT2D eigenvalue weighted by Crippen LogP contribution is -2.23. The van der Waals surface area contributed by atoms with Crippen LogP contribution >= 0.6 is 0 Å². The number of para-hydroxylation sites is 1. The summed E-state index contributed by atoms with van der Waals surface area (Å²) in [5.41, 5.74) is 4.21. The van der Waals surface area contributed by atoms with Crippen LogP contribution in [0.1, 0.15) is 33.6 Å². The van der Waals surface area contributed by atoms with E-state index in [-0.39, 0.29) is 12.5 Å². The molecular formula is C26H25N3O4. The summed E-state index contributed by atoms with van der Waals surface area (Å²) in [5, 5.41) is 2.97. The quantitative estimate of drug-likeness (QED) is 0.481. The van der Waals surface area contributed by atoms with E-state index >= 15 is 0 Å². The van der Waals surface area contributed by atoms with Crippen molar-refractivity contribution in [3.05, 3.63) is 89.4 Å². The average Bonchev–Trinajstić information content (AvgIpc) is 3.12. The number of hydrogen-bond donors (Lipinski definition) is 1. The zero-order valence-corrected chi connectivity index (χ0v) is 18.4. The zero-order valence-electron chi connectivity index (χ0n) is 18.4. The van der Waals surface area contributed by atoms with Crippen molar-refractivity contribution in [2.24, 2.45) is 0 Å². The Labute approximate surface area is 191 Å². The number of carbonyl (C=O) groups excluding carboxylic acids is 1. The van der Waals surface area contributed by atoms with Gasteiger partial charge in [-0.15, -0.1) is 0 Å². The van der Waals surface area contributed by atoms with E-state index in [1.165, 1.54) is 0 Å². The Hall–Kier alpha value is -4.00. The summed E-state index contributed by atoms with van der Waals surface area (Å²) >= 11 is 0. The second-order valence-electron chi connectivity index (χ2n) is 7.95. The second kappa shape index (κ2) is 9.24. The third-order valence-corrected chi connectivity index (χ3v) is 5.50.